The Morgan fingerprint density at radius 3 is 2.58 bits per heavy atom. The quantitative estimate of drug-likeness (QED) is 0.469. The molecule has 0 aliphatic carbocycles. The molecule has 2 heterocycles. The third kappa shape index (κ3) is 4.77. The van der Waals surface area contributed by atoms with Gasteiger partial charge in [-0.25, -0.2) is 13.4 Å². The van der Waals surface area contributed by atoms with Gasteiger partial charge in [-0.15, -0.1) is 5.10 Å². The number of para-hydroxylation sites is 1. The Morgan fingerprint density at radius 1 is 1.09 bits per heavy atom. The van der Waals surface area contributed by atoms with Crippen LogP contribution in [-0.2, 0) is 16.0 Å². The van der Waals surface area contributed by atoms with Crippen LogP contribution in [0.15, 0.2) is 65.7 Å². The van der Waals surface area contributed by atoms with E-state index in [-0.39, 0.29) is 10.6 Å². The standard InChI is InChI=1S/C20H14F3N5O4S/c1-33(30,31)14-6-4-5-13(10-14)25-18(29)15-9-12(20(21,22)23)11-24-19(15)32-28-17-8-3-2-7-16(17)26-27-28/h2-11H,1H3,(H,25,29). The lowest BCUT2D eigenvalue weighted by Gasteiger charge is -2.13. The van der Waals surface area contributed by atoms with E-state index in [1.54, 1.807) is 24.3 Å². The maximum atomic E-state index is 13.3. The first-order valence-electron chi connectivity index (χ1n) is 9.20. The normalized spacial score (nSPS) is 12.0. The monoisotopic (exact) mass is 477 g/mol. The number of hydrogen-bond acceptors (Lipinski definition) is 7. The number of alkyl halides is 3. The van der Waals surface area contributed by atoms with Crippen molar-refractivity contribution in [2.24, 2.45) is 0 Å². The fourth-order valence-corrected chi connectivity index (χ4v) is 3.51. The van der Waals surface area contributed by atoms with Crippen LogP contribution in [0.3, 0.4) is 0 Å². The average molecular weight is 477 g/mol. The number of nitrogens with one attached hydrogen (secondary N) is 1. The molecule has 0 radical (unpaired) electrons. The van der Waals surface area contributed by atoms with Crippen molar-refractivity contribution in [2.75, 3.05) is 11.6 Å². The molecule has 0 atom stereocenters. The van der Waals surface area contributed by atoms with E-state index < -0.39 is 38.9 Å². The second kappa shape index (κ2) is 8.16. The van der Waals surface area contributed by atoms with Crippen LogP contribution in [0.2, 0.25) is 0 Å². The molecule has 1 N–H and O–H groups in total. The number of rotatable bonds is 5. The summed E-state index contributed by atoms with van der Waals surface area (Å²) in [5, 5.41) is 10.0. The summed E-state index contributed by atoms with van der Waals surface area (Å²) in [5.74, 6) is -1.46. The Hall–Kier alpha value is -4.00. The summed E-state index contributed by atoms with van der Waals surface area (Å²) < 4.78 is 63.3. The molecule has 33 heavy (non-hydrogen) atoms. The molecule has 4 rings (SSSR count). The molecule has 0 saturated heterocycles. The largest absolute Gasteiger partial charge is 0.417 e. The maximum Gasteiger partial charge on any atom is 0.417 e. The van der Waals surface area contributed by atoms with Gasteiger partial charge in [0.25, 0.3) is 11.8 Å². The van der Waals surface area contributed by atoms with E-state index in [0.29, 0.717) is 23.3 Å². The van der Waals surface area contributed by atoms with Crippen LogP contribution in [-0.4, -0.2) is 40.7 Å². The molecule has 1 amide bonds. The van der Waals surface area contributed by atoms with Crippen molar-refractivity contribution in [3.8, 4) is 5.88 Å². The SMILES string of the molecule is CS(=O)(=O)c1cccc(NC(=O)c2cc(C(F)(F)F)cnc2On2nnc3ccccc32)c1. The fraction of sp³-hybridized carbons (Fsp3) is 0.100. The summed E-state index contributed by atoms with van der Waals surface area (Å²) in [6.45, 7) is 0. The molecule has 0 unspecified atom stereocenters. The first kappa shape index (κ1) is 22.2. The van der Waals surface area contributed by atoms with Crippen LogP contribution in [0.25, 0.3) is 11.0 Å². The van der Waals surface area contributed by atoms with Crippen LogP contribution in [0.1, 0.15) is 15.9 Å². The van der Waals surface area contributed by atoms with E-state index in [9.17, 15) is 26.4 Å². The summed E-state index contributed by atoms with van der Waals surface area (Å²) in [4.78, 5) is 22.9. The third-order valence-corrected chi connectivity index (χ3v) is 5.55. The van der Waals surface area contributed by atoms with Gasteiger partial charge in [-0.3, -0.25) is 4.79 Å². The molecule has 0 aliphatic heterocycles. The average Bonchev–Trinajstić information content (AvgIpc) is 3.16. The molecule has 0 aliphatic rings. The van der Waals surface area contributed by atoms with Gasteiger partial charge in [0.2, 0.25) is 0 Å². The second-order valence-electron chi connectivity index (χ2n) is 6.87. The first-order chi connectivity index (χ1) is 15.5. The Morgan fingerprint density at radius 2 is 1.85 bits per heavy atom. The highest BCUT2D eigenvalue weighted by molar-refractivity contribution is 7.90. The van der Waals surface area contributed by atoms with E-state index in [4.69, 9.17) is 4.84 Å². The van der Waals surface area contributed by atoms with Gasteiger partial charge >= 0.3 is 6.18 Å². The molecule has 13 heteroatoms. The highest BCUT2D eigenvalue weighted by Gasteiger charge is 2.33. The summed E-state index contributed by atoms with van der Waals surface area (Å²) in [5.41, 5.74) is -0.820. The summed E-state index contributed by atoms with van der Waals surface area (Å²) in [7, 11) is -3.57. The van der Waals surface area contributed by atoms with Crippen molar-refractivity contribution in [1.29, 1.82) is 0 Å². The lowest BCUT2D eigenvalue weighted by molar-refractivity contribution is -0.137. The smallest absolute Gasteiger partial charge is 0.335 e. The molecule has 0 saturated carbocycles. The summed E-state index contributed by atoms with van der Waals surface area (Å²) in [6, 6.07) is 12.5. The van der Waals surface area contributed by atoms with E-state index in [2.05, 4.69) is 20.6 Å². The molecule has 170 valence electrons. The highest BCUT2D eigenvalue weighted by Crippen LogP contribution is 2.32. The van der Waals surface area contributed by atoms with Gasteiger partial charge in [-0.2, -0.15) is 13.2 Å². The number of anilines is 1. The number of fused-ring (bicyclic) bond motifs is 1. The summed E-state index contributed by atoms with van der Waals surface area (Å²) in [6.07, 6.45) is -3.26. The maximum absolute atomic E-state index is 13.3. The van der Waals surface area contributed by atoms with Crippen molar-refractivity contribution >= 4 is 32.5 Å². The molecule has 0 spiro atoms. The number of benzene rings is 2. The molecule has 2 aromatic heterocycles. The van der Waals surface area contributed by atoms with Crippen LogP contribution in [0.5, 0.6) is 5.88 Å². The van der Waals surface area contributed by atoms with Crippen LogP contribution in [0.4, 0.5) is 18.9 Å². The van der Waals surface area contributed by atoms with E-state index in [0.717, 1.165) is 11.1 Å². The first-order valence-corrected chi connectivity index (χ1v) is 11.1. The number of carbonyl (C=O) groups excluding carboxylic acids is 1. The number of sulfone groups is 1. The van der Waals surface area contributed by atoms with Gasteiger partial charge in [0.1, 0.15) is 16.6 Å². The molecule has 9 nitrogen and oxygen atoms in total. The predicted octanol–water partition coefficient (Wildman–Crippen LogP) is 3.34. The number of pyridine rings is 1. The van der Waals surface area contributed by atoms with Gasteiger partial charge in [-0.05, 0) is 41.6 Å². The van der Waals surface area contributed by atoms with Crippen LogP contribution in [0, 0.1) is 0 Å². The molecule has 4 aromatic rings. The zero-order valence-corrected chi connectivity index (χ0v) is 17.6. The lowest BCUT2D eigenvalue weighted by Crippen LogP contribution is -2.19. The number of aromatic nitrogens is 4. The Balaban J connectivity index is 1.73. The van der Waals surface area contributed by atoms with Gasteiger partial charge in [0, 0.05) is 18.1 Å². The Bertz CT molecular complexity index is 1470. The van der Waals surface area contributed by atoms with E-state index in [1.807, 2.05) is 0 Å². The van der Waals surface area contributed by atoms with Crippen molar-refractivity contribution in [2.45, 2.75) is 11.1 Å². The minimum atomic E-state index is -4.77. The summed E-state index contributed by atoms with van der Waals surface area (Å²) >= 11 is 0. The topological polar surface area (TPSA) is 116 Å². The number of nitrogens with zero attached hydrogens (tertiary/aromatic N) is 4. The van der Waals surface area contributed by atoms with Crippen LogP contribution >= 0.6 is 0 Å². The number of halogens is 3. The van der Waals surface area contributed by atoms with Gasteiger partial charge in [-0.1, -0.05) is 23.0 Å². The van der Waals surface area contributed by atoms with Crippen molar-refractivity contribution in [3.63, 3.8) is 0 Å². The Kier molecular flexibility index (Phi) is 5.49. The van der Waals surface area contributed by atoms with Crippen LogP contribution < -0.4 is 10.2 Å². The van der Waals surface area contributed by atoms with Crippen molar-refractivity contribution < 1.29 is 31.2 Å². The van der Waals surface area contributed by atoms with Gasteiger partial charge < -0.3 is 10.2 Å². The van der Waals surface area contributed by atoms with E-state index >= 15 is 0 Å². The predicted molar refractivity (Wildman–Crippen MR) is 110 cm³/mol. The number of amides is 1. The van der Waals surface area contributed by atoms with E-state index in [1.165, 1.54) is 24.3 Å². The minimum Gasteiger partial charge on any atom is -0.335 e. The number of hydrogen-bond donors (Lipinski definition) is 1. The molecule has 0 bridgehead atoms. The minimum absolute atomic E-state index is 0.0532. The molecule has 2 aromatic carbocycles. The zero-order valence-electron chi connectivity index (χ0n) is 16.7. The fourth-order valence-electron chi connectivity index (χ4n) is 2.84. The van der Waals surface area contributed by atoms with Gasteiger partial charge in [0.05, 0.1) is 10.5 Å². The molecular weight excluding hydrogens is 463 g/mol. The molecular formula is C20H14F3N5O4S. The molecule has 0 fully saturated rings. The van der Waals surface area contributed by atoms with Crippen molar-refractivity contribution in [1.82, 2.24) is 20.1 Å². The lowest BCUT2D eigenvalue weighted by atomic mass is 10.1. The van der Waals surface area contributed by atoms with Crippen molar-refractivity contribution in [3.05, 3.63) is 71.9 Å². The van der Waals surface area contributed by atoms with Gasteiger partial charge in [0.15, 0.2) is 9.84 Å². The second-order valence-corrected chi connectivity index (χ2v) is 8.89. The highest BCUT2D eigenvalue weighted by atomic mass is 32.2. The zero-order chi connectivity index (χ0) is 23.8. The Labute approximate surface area is 184 Å². The number of carbonyl (C=O) groups is 1. The third-order valence-electron chi connectivity index (χ3n) is 4.44.